The molecule has 22 heavy (non-hydrogen) atoms. The van der Waals surface area contributed by atoms with E-state index in [1.165, 1.54) is 11.8 Å². The number of hydrogen-bond donors (Lipinski definition) is 1. The molecule has 0 atom stereocenters. The van der Waals surface area contributed by atoms with Crippen LogP contribution in [0.4, 0.5) is 5.82 Å². The maximum absolute atomic E-state index is 11.4. The predicted molar refractivity (Wildman–Crippen MR) is 85.3 cm³/mol. The first-order chi connectivity index (χ1) is 10.7. The molecule has 1 aromatic carbocycles. The van der Waals surface area contributed by atoms with Gasteiger partial charge in [-0.05, 0) is 24.8 Å². The van der Waals surface area contributed by atoms with Crippen LogP contribution in [0.15, 0.2) is 30.5 Å². The average Bonchev–Trinajstić information content (AvgIpc) is 3.08. The van der Waals surface area contributed by atoms with Crippen molar-refractivity contribution in [2.24, 2.45) is 0 Å². The fraction of sp³-hybridized carbons (Fsp3) is 0.353. The highest BCUT2D eigenvalue weighted by atomic mass is 16.4. The lowest BCUT2D eigenvalue weighted by atomic mass is 10.1. The number of benzene rings is 1. The van der Waals surface area contributed by atoms with Gasteiger partial charge in [-0.25, -0.2) is 14.8 Å². The molecule has 0 saturated carbocycles. The molecule has 1 aliphatic rings. The summed E-state index contributed by atoms with van der Waals surface area (Å²) in [5.41, 5.74) is 2.34. The van der Waals surface area contributed by atoms with E-state index in [9.17, 15) is 9.90 Å². The number of carboxylic acids is 1. The second-order valence-corrected chi connectivity index (χ2v) is 5.48. The van der Waals surface area contributed by atoms with Gasteiger partial charge in [-0.1, -0.05) is 31.2 Å². The lowest BCUT2D eigenvalue weighted by molar-refractivity contribution is 0.0696. The molecule has 2 heterocycles. The van der Waals surface area contributed by atoms with Crippen LogP contribution in [0.1, 0.15) is 35.7 Å². The molecule has 5 heteroatoms. The van der Waals surface area contributed by atoms with Crippen molar-refractivity contribution in [3.8, 4) is 11.4 Å². The Bertz CT molecular complexity index is 677. The Morgan fingerprint density at radius 1 is 1.23 bits per heavy atom. The molecule has 5 nitrogen and oxygen atoms in total. The van der Waals surface area contributed by atoms with Crippen LogP contribution in [0, 0.1) is 0 Å². The molecule has 1 N–H and O–H groups in total. The first-order valence-electron chi connectivity index (χ1n) is 7.63. The lowest BCUT2D eigenvalue weighted by Crippen LogP contribution is -2.22. The molecule has 0 aliphatic carbocycles. The van der Waals surface area contributed by atoms with Crippen LogP contribution in [-0.4, -0.2) is 34.1 Å². The SMILES string of the molecule is CCc1ccc(-c2ncc(C(=O)O)c(N3CCCC3)n2)cc1. The smallest absolute Gasteiger partial charge is 0.341 e. The van der Waals surface area contributed by atoms with Crippen LogP contribution in [0.2, 0.25) is 0 Å². The summed E-state index contributed by atoms with van der Waals surface area (Å²) in [7, 11) is 0. The third kappa shape index (κ3) is 2.79. The molecule has 0 bridgehead atoms. The molecule has 114 valence electrons. The minimum Gasteiger partial charge on any atom is -0.477 e. The minimum atomic E-state index is -0.977. The van der Waals surface area contributed by atoms with Crippen LogP contribution in [0.5, 0.6) is 0 Å². The summed E-state index contributed by atoms with van der Waals surface area (Å²) in [5, 5.41) is 9.35. The van der Waals surface area contributed by atoms with Gasteiger partial charge in [0.05, 0.1) is 0 Å². The molecule has 0 amide bonds. The summed E-state index contributed by atoms with van der Waals surface area (Å²) in [6.45, 7) is 3.82. The fourth-order valence-electron chi connectivity index (χ4n) is 2.72. The van der Waals surface area contributed by atoms with Gasteiger partial charge >= 0.3 is 5.97 Å². The van der Waals surface area contributed by atoms with Gasteiger partial charge in [-0.15, -0.1) is 0 Å². The van der Waals surface area contributed by atoms with Crippen LogP contribution < -0.4 is 4.90 Å². The zero-order valence-electron chi connectivity index (χ0n) is 12.6. The predicted octanol–water partition coefficient (Wildman–Crippen LogP) is 3.00. The molecule has 1 aromatic heterocycles. The molecule has 3 rings (SSSR count). The highest BCUT2D eigenvalue weighted by Gasteiger charge is 2.22. The van der Waals surface area contributed by atoms with Crippen molar-refractivity contribution in [1.82, 2.24) is 9.97 Å². The van der Waals surface area contributed by atoms with Crippen LogP contribution in [0.25, 0.3) is 11.4 Å². The first kappa shape index (κ1) is 14.5. The normalized spacial score (nSPS) is 14.3. The molecule has 0 unspecified atom stereocenters. The Labute approximate surface area is 129 Å². The van der Waals surface area contributed by atoms with Crippen LogP contribution in [-0.2, 0) is 6.42 Å². The summed E-state index contributed by atoms with van der Waals surface area (Å²) in [6.07, 6.45) is 4.55. The van der Waals surface area contributed by atoms with Gasteiger partial charge in [0.1, 0.15) is 11.4 Å². The highest BCUT2D eigenvalue weighted by Crippen LogP contribution is 2.25. The zero-order valence-corrected chi connectivity index (χ0v) is 12.6. The maximum Gasteiger partial charge on any atom is 0.341 e. The quantitative estimate of drug-likeness (QED) is 0.939. The zero-order chi connectivity index (χ0) is 15.5. The first-order valence-corrected chi connectivity index (χ1v) is 7.63. The van der Waals surface area contributed by atoms with Gasteiger partial charge in [0.2, 0.25) is 0 Å². The molecule has 1 saturated heterocycles. The van der Waals surface area contributed by atoms with Gasteiger partial charge in [0.15, 0.2) is 5.82 Å². The van der Waals surface area contributed by atoms with E-state index in [4.69, 9.17) is 0 Å². The number of carbonyl (C=O) groups is 1. The van der Waals surface area contributed by atoms with E-state index in [0.29, 0.717) is 11.6 Å². The minimum absolute atomic E-state index is 0.177. The second-order valence-electron chi connectivity index (χ2n) is 5.48. The molecule has 2 aromatic rings. The van der Waals surface area contributed by atoms with Crippen molar-refractivity contribution < 1.29 is 9.90 Å². The van der Waals surface area contributed by atoms with Crippen molar-refractivity contribution in [2.75, 3.05) is 18.0 Å². The van der Waals surface area contributed by atoms with Crippen molar-refractivity contribution in [3.05, 3.63) is 41.6 Å². The second kappa shape index (κ2) is 6.13. The fourth-order valence-corrected chi connectivity index (χ4v) is 2.72. The number of anilines is 1. The Balaban J connectivity index is 2.01. The standard InChI is InChI=1S/C17H19N3O2/c1-2-12-5-7-13(8-6-12)15-18-11-14(17(21)22)16(19-15)20-9-3-4-10-20/h5-8,11H,2-4,9-10H2,1H3,(H,21,22). The third-order valence-corrected chi connectivity index (χ3v) is 4.03. The summed E-state index contributed by atoms with van der Waals surface area (Å²) in [4.78, 5) is 22.2. The molecule has 1 fully saturated rings. The van der Waals surface area contributed by atoms with Crippen LogP contribution in [0.3, 0.4) is 0 Å². The largest absolute Gasteiger partial charge is 0.477 e. The third-order valence-electron chi connectivity index (χ3n) is 4.03. The summed E-state index contributed by atoms with van der Waals surface area (Å²) in [6, 6.07) is 8.09. The topological polar surface area (TPSA) is 66.3 Å². The Hall–Kier alpha value is -2.43. The number of aromatic nitrogens is 2. The molecular formula is C17H19N3O2. The lowest BCUT2D eigenvalue weighted by Gasteiger charge is -2.19. The summed E-state index contributed by atoms with van der Waals surface area (Å²) >= 11 is 0. The van der Waals surface area contributed by atoms with E-state index in [1.807, 2.05) is 17.0 Å². The molecule has 1 aliphatic heterocycles. The Morgan fingerprint density at radius 2 is 1.91 bits per heavy atom. The van der Waals surface area contributed by atoms with Crippen molar-refractivity contribution in [3.63, 3.8) is 0 Å². The van der Waals surface area contributed by atoms with Gasteiger partial charge in [-0.2, -0.15) is 0 Å². The van der Waals surface area contributed by atoms with Gasteiger partial charge in [0, 0.05) is 24.8 Å². The molecule has 0 radical (unpaired) electrons. The number of carboxylic acid groups (broad SMARTS) is 1. The van der Waals surface area contributed by atoms with Crippen LogP contribution >= 0.6 is 0 Å². The highest BCUT2D eigenvalue weighted by molar-refractivity contribution is 5.93. The Kier molecular flexibility index (Phi) is 4.04. The number of aryl methyl sites for hydroxylation is 1. The van der Waals surface area contributed by atoms with Crippen molar-refractivity contribution in [2.45, 2.75) is 26.2 Å². The van der Waals surface area contributed by atoms with Gasteiger partial charge < -0.3 is 10.0 Å². The van der Waals surface area contributed by atoms with Gasteiger partial charge in [0.25, 0.3) is 0 Å². The van der Waals surface area contributed by atoms with E-state index in [1.54, 1.807) is 0 Å². The average molecular weight is 297 g/mol. The van der Waals surface area contributed by atoms with E-state index in [2.05, 4.69) is 29.0 Å². The van der Waals surface area contributed by atoms with Gasteiger partial charge in [-0.3, -0.25) is 0 Å². The molecular weight excluding hydrogens is 278 g/mol. The summed E-state index contributed by atoms with van der Waals surface area (Å²) < 4.78 is 0. The van der Waals surface area contributed by atoms with Crippen molar-refractivity contribution in [1.29, 1.82) is 0 Å². The summed E-state index contributed by atoms with van der Waals surface area (Å²) in [5.74, 6) is 0.138. The number of hydrogen-bond acceptors (Lipinski definition) is 4. The maximum atomic E-state index is 11.4. The molecule has 0 spiro atoms. The number of nitrogens with zero attached hydrogens (tertiary/aromatic N) is 3. The van der Waals surface area contributed by atoms with E-state index >= 15 is 0 Å². The number of aromatic carboxylic acids is 1. The monoisotopic (exact) mass is 297 g/mol. The van der Waals surface area contributed by atoms with E-state index in [-0.39, 0.29) is 5.56 Å². The van der Waals surface area contributed by atoms with Crippen molar-refractivity contribution >= 4 is 11.8 Å². The van der Waals surface area contributed by atoms with E-state index in [0.717, 1.165) is 37.9 Å². The number of rotatable bonds is 4. The Morgan fingerprint density at radius 3 is 2.50 bits per heavy atom. The van der Waals surface area contributed by atoms with E-state index < -0.39 is 5.97 Å².